The molecular weight excluding hydrogens is 178 g/mol. The Morgan fingerprint density at radius 1 is 1.36 bits per heavy atom. The molecule has 0 aliphatic rings. The third kappa shape index (κ3) is 1.67. The molecule has 1 radical (unpaired) electrons. The molecule has 3 nitrogen and oxygen atoms in total. The first-order valence-corrected chi connectivity index (χ1v) is 4.35. The summed E-state index contributed by atoms with van der Waals surface area (Å²) in [5.41, 5.74) is 2.54. The Kier molecular flexibility index (Phi) is 2.33. The summed E-state index contributed by atoms with van der Waals surface area (Å²) >= 11 is 0. The van der Waals surface area contributed by atoms with Crippen LogP contribution >= 0.6 is 0 Å². The van der Waals surface area contributed by atoms with Gasteiger partial charge >= 0.3 is 0 Å². The normalized spacial score (nSPS) is 10.4. The minimum Gasteiger partial charge on any atom is -0.392 e. The molecule has 0 saturated carbocycles. The van der Waals surface area contributed by atoms with Gasteiger partial charge in [0.05, 0.1) is 18.4 Å². The van der Waals surface area contributed by atoms with E-state index in [2.05, 4.69) is 11.2 Å². The van der Waals surface area contributed by atoms with Crippen LogP contribution in [-0.4, -0.2) is 10.3 Å². The molecule has 3 heteroatoms. The fourth-order valence-electron chi connectivity index (χ4n) is 1.21. The van der Waals surface area contributed by atoms with Crippen LogP contribution in [0.15, 0.2) is 28.8 Å². The van der Waals surface area contributed by atoms with E-state index in [1.54, 1.807) is 0 Å². The van der Waals surface area contributed by atoms with Gasteiger partial charge in [-0.25, -0.2) is 0 Å². The number of hydrogen-bond acceptors (Lipinski definition) is 3. The third-order valence-corrected chi connectivity index (χ3v) is 1.97. The summed E-state index contributed by atoms with van der Waals surface area (Å²) in [6, 6.07) is 10.4. The van der Waals surface area contributed by atoms with Crippen molar-refractivity contribution < 1.29 is 9.63 Å². The van der Waals surface area contributed by atoms with E-state index in [1.807, 2.05) is 31.2 Å². The van der Waals surface area contributed by atoms with E-state index >= 15 is 0 Å². The van der Waals surface area contributed by atoms with Crippen molar-refractivity contribution in [3.05, 3.63) is 41.6 Å². The SMILES string of the molecule is Cc1[c]c(-c2ccc(CO)cc2)on1. The van der Waals surface area contributed by atoms with Crippen molar-refractivity contribution in [2.75, 3.05) is 0 Å². The van der Waals surface area contributed by atoms with Gasteiger partial charge in [-0.3, -0.25) is 0 Å². The van der Waals surface area contributed by atoms with Gasteiger partial charge in [0.2, 0.25) is 0 Å². The fraction of sp³-hybridized carbons (Fsp3) is 0.182. The molecule has 1 N–H and O–H groups in total. The Hall–Kier alpha value is -1.61. The van der Waals surface area contributed by atoms with Crippen LogP contribution in [0.4, 0.5) is 0 Å². The largest absolute Gasteiger partial charge is 0.392 e. The van der Waals surface area contributed by atoms with Crippen LogP contribution in [0.2, 0.25) is 0 Å². The van der Waals surface area contributed by atoms with E-state index in [-0.39, 0.29) is 6.61 Å². The van der Waals surface area contributed by atoms with Gasteiger partial charge in [-0.05, 0) is 12.5 Å². The van der Waals surface area contributed by atoms with Crippen molar-refractivity contribution >= 4 is 0 Å². The number of rotatable bonds is 2. The molecule has 0 unspecified atom stereocenters. The van der Waals surface area contributed by atoms with Gasteiger partial charge in [0.25, 0.3) is 0 Å². The summed E-state index contributed by atoms with van der Waals surface area (Å²) in [5.74, 6) is 0.631. The molecule has 14 heavy (non-hydrogen) atoms. The Bertz CT molecular complexity index is 417. The molecule has 2 rings (SSSR count). The molecule has 1 aromatic carbocycles. The molecule has 0 bridgehead atoms. The maximum absolute atomic E-state index is 8.86. The number of aliphatic hydroxyl groups is 1. The van der Waals surface area contributed by atoms with Gasteiger partial charge in [0, 0.05) is 5.56 Å². The Morgan fingerprint density at radius 3 is 2.57 bits per heavy atom. The van der Waals surface area contributed by atoms with Crippen LogP contribution in [0.25, 0.3) is 11.3 Å². The van der Waals surface area contributed by atoms with E-state index in [0.29, 0.717) is 5.76 Å². The van der Waals surface area contributed by atoms with Gasteiger partial charge < -0.3 is 9.63 Å². The molecule has 1 aromatic heterocycles. The van der Waals surface area contributed by atoms with E-state index in [4.69, 9.17) is 9.63 Å². The monoisotopic (exact) mass is 188 g/mol. The molecule has 0 aliphatic heterocycles. The zero-order valence-corrected chi connectivity index (χ0v) is 7.82. The van der Waals surface area contributed by atoms with Crippen molar-refractivity contribution in [2.24, 2.45) is 0 Å². The number of aromatic nitrogens is 1. The molecule has 0 amide bonds. The molecule has 1 heterocycles. The van der Waals surface area contributed by atoms with Crippen LogP contribution in [0, 0.1) is 13.0 Å². The highest BCUT2D eigenvalue weighted by molar-refractivity contribution is 5.56. The van der Waals surface area contributed by atoms with Gasteiger partial charge in [-0.15, -0.1) is 0 Å². The number of hydrogen-bond donors (Lipinski definition) is 1. The lowest BCUT2D eigenvalue weighted by molar-refractivity contribution is 0.282. The van der Waals surface area contributed by atoms with Crippen molar-refractivity contribution in [3.63, 3.8) is 0 Å². The first kappa shape index (κ1) is 8.97. The minimum atomic E-state index is 0.0550. The third-order valence-electron chi connectivity index (χ3n) is 1.97. The molecule has 0 saturated heterocycles. The highest BCUT2D eigenvalue weighted by Gasteiger charge is 2.03. The van der Waals surface area contributed by atoms with Crippen LogP contribution in [0.5, 0.6) is 0 Å². The predicted octanol–water partition coefficient (Wildman–Crippen LogP) is 1.94. The fourth-order valence-corrected chi connectivity index (χ4v) is 1.21. The second-order valence-electron chi connectivity index (χ2n) is 3.08. The first-order chi connectivity index (χ1) is 6.79. The highest BCUT2D eigenvalue weighted by Crippen LogP contribution is 2.19. The number of nitrogens with zero attached hydrogens (tertiary/aromatic N) is 1. The van der Waals surface area contributed by atoms with Crippen LogP contribution in [-0.2, 0) is 6.61 Å². The smallest absolute Gasteiger partial charge is 0.175 e. The second-order valence-corrected chi connectivity index (χ2v) is 3.08. The zero-order chi connectivity index (χ0) is 9.97. The minimum absolute atomic E-state index is 0.0550. The maximum Gasteiger partial charge on any atom is 0.175 e. The average molecular weight is 188 g/mol. The van der Waals surface area contributed by atoms with E-state index in [1.165, 1.54) is 0 Å². The molecule has 0 aliphatic carbocycles. The summed E-state index contributed by atoms with van der Waals surface area (Å²) in [7, 11) is 0. The second kappa shape index (κ2) is 3.64. The molecule has 0 spiro atoms. The lowest BCUT2D eigenvalue weighted by atomic mass is 10.1. The summed E-state index contributed by atoms with van der Waals surface area (Å²) in [5, 5.41) is 12.6. The van der Waals surface area contributed by atoms with Gasteiger partial charge in [-0.1, -0.05) is 29.4 Å². The van der Waals surface area contributed by atoms with Crippen molar-refractivity contribution in [1.29, 1.82) is 0 Å². The lowest BCUT2D eigenvalue weighted by Gasteiger charge is -1.97. The lowest BCUT2D eigenvalue weighted by Crippen LogP contribution is -1.81. The molecule has 71 valence electrons. The number of benzene rings is 1. The van der Waals surface area contributed by atoms with Gasteiger partial charge in [-0.2, -0.15) is 0 Å². The van der Waals surface area contributed by atoms with Gasteiger partial charge in [0.1, 0.15) is 0 Å². The average Bonchev–Trinajstić information content (AvgIpc) is 2.65. The van der Waals surface area contributed by atoms with Crippen molar-refractivity contribution in [2.45, 2.75) is 13.5 Å². The summed E-state index contributed by atoms with van der Waals surface area (Å²) in [4.78, 5) is 0. The summed E-state index contributed by atoms with van der Waals surface area (Å²) in [6.45, 7) is 1.88. The quantitative estimate of drug-likeness (QED) is 0.783. The molecular formula is C11H10NO2. The highest BCUT2D eigenvalue weighted by atomic mass is 16.5. The Balaban J connectivity index is 2.33. The molecule has 2 aromatic rings. The van der Waals surface area contributed by atoms with Crippen molar-refractivity contribution in [1.82, 2.24) is 5.16 Å². The van der Waals surface area contributed by atoms with Crippen LogP contribution in [0.1, 0.15) is 11.3 Å². The topological polar surface area (TPSA) is 46.3 Å². The van der Waals surface area contributed by atoms with E-state index in [0.717, 1.165) is 16.8 Å². The standard InChI is InChI=1S/C11H10NO2/c1-8-6-11(14-12-8)10-4-2-9(7-13)3-5-10/h2-5,13H,7H2,1H3. The zero-order valence-electron chi connectivity index (χ0n) is 7.82. The maximum atomic E-state index is 8.86. The summed E-state index contributed by atoms with van der Waals surface area (Å²) in [6.07, 6.45) is 0. The Labute approximate surface area is 82.0 Å². The van der Waals surface area contributed by atoms with Crippen molar-refractivity contribution in [3.8, 4) is 11.3 Å². The van der Waals surface area contributed by atoms with Crippen LogP contribution in [0.3, 0.4) is 0 Å². The number of aliphatic hydroxyl groups excluding tert-OH is 1. The van der Waals surface area contributed by atoms with Gasteiger partial charge in [0.15, 0.2) is 5.76 Å². The first-order valence-electron chi connectivity index (χ1n) is 4.35. The Morgan fingerprint density at radius 2 is 2.07 bits per heavy atom. The van der Waals surface area contributed by atoms with Crippen LogP contribution < -0.4 is 0 Å². The summed E-state index contributed by atoms with van der Waals surface area (Å²) < 4.78 is 5.06. The van der Waals surface area contributed by atoms with E-state index < -0.39 is 0 Å². The molecule has 0 fully saturated rings. The number of aryl methyl sites for hydroxylation is 1. The van der Waals surface area contributed by atoms with E-state index in [9.17, 15) is 0 Å². The molecule has 0 atom stereocenters. The predicted molar refractivity (Wildman–Crippen MR) is 51.4 cm³/mol.